The third-order valence-corrected chi connectivity index (χ3v) is 5.83. The highest BCUT2D eigenvalue weighted by Gasteiger charge is 2.27. The quantitative estimate of drug-likeness (QED) is 0.754. The van der Waals surface area contributed by atoms with Gasteiger partial charge >= 0.3 is 0 Å². The number of carbonyl (C=O) groups excluding carboxylic acids is 1. The van der Waals surface area contributed by atoms with Crippen LogP contribution in [-0.4, -0.2) is 26.0 Å². The predicted octanol–water partition coefficient (Wildman–Crippen LogP) is 4.39. The zero-order valence-electron chi connectivity index (χ0n) is 15.0. The van der Waals surface area contributed by atoms with Crippen LogP contribution in [0, 0.1) is 11.8 Å². The summed E-state index contributed by atoms with van der Waals surface area (Å²) in [7, 11) is 1.67. The first-order valence-corrected chi connectivity index (χ1v) is 9.70. The zero-order chi connectivity index (χ0) is 16.8. The Morgan fingerprint density at radius 2 is 1.88 bits per heavy atom. The molecule has 0 aliphatic heterocycles. The number of benzene rings is 1. The van der Waals surface area contributed by atoms with Gasteiger partial charge in [0.1, 0.15) is 5.75 Å². The van der Waals surface area contributed by atoms with Crippen molar-refractivity contribution in [3.05, 3.63) is 29.3 Å². The highest BCUT2D eigenvalue weighted by atomic mass is 16.5. The van der Waals surface area contributed by atoms with E-state index in [-0.39, 0.29) is 5.92 Å². The predicted molar refractivity (Wildman–Crippen MR) is 97.8 cm³/mol. The van der Waals surface area contributed by atoms with Crippen LogP contribution in [0.2, 0.25) is 0 Å². The van der Waals surface area contributed by atoms with Gasteiger partial charge in [0.15, 0.2) is 5.78 Å². The largest absolute Gasteiger partial charge is 0.497 e. The molecule has 1 saturated carbocycles. The van der Waals surface area contributed by atoms with Crippen LogP contribution in [0.1, 0.15) is 67.3 Å². The Labute approximate surface area is 146 Å². The lowest BCUT2D eigenvalue weighted by molar-refractivity contribution is 0.0894. The van der Waals surface area contributed by atoms with E-state index in [1.54, 1.807) is 7.11 Å². The van der Waals surface area contributed by atoms with E-state index in [2.05, 4.69) is 5.32 Å². The third-order valence-electron chi connectivity index (χ3n) is 5.83. The molecule has 3 nitrogen and oxygen atoms in total. The zero-order valence-corrected chi connectivity index (χ0v) is 15.0. The molecule has 1 aromatic rings. The minimum absolute atomic E-state index is 0.188. The second-order valence-electron chi connectivity index (χ2n) is 7.45. The van der Waals surface area contributed by atoms with Gasteiger partial charge in [0.25, 0.3) is 0 Å². The number of hydrogen-bond acceptors (Lipinski definition) is 3. The Morgan fingerprint density at radius 1 is 1.08 bits per heavy atom. The summed E-state index contributed by atoms with van der Waals surface area (Å²) >= 11 is 0. The van der Waals surface area contributed by atoms with Crippen LogP contribution in [0.3, 0.4) is 0 Å². The molecule has 3 heteroatoms. The average Bonchev–Trinajstić information content (AvgIpc) is 2.63. The van der Waals surface area contributed by atoms with Gasteiger partial charge in [-0.1, -0.05) is 32.1 Å². The smallest absolute Gasteiger partial charge is 0.166 e. The van der Waals surface area contributed by atoms with Crippen LogP contribution in [-0.2, 0) is 6.42 Å². The Bertz CT molecular complexity index is 549. The first kappa shape index (κ1) is 17.5. The SMILES string of the molecule is COc1ccc2c(c1)CCC(CCNCCC1CCCCC1)C2=O. The fourth-order valence-electron chi connectivity index (χ4n) is 4.28. The summed E-state index contributed by atoms with van der Waals surface area (Å²) in [5.74, 6) is 2.30. The van der Waals surface area contributed by atoms with E-state index in [9.17, 15) is 4.79 Å². The second-order valence-corrected chi connectivity index (χ2v) is 7.45. The molecular weight excluding hydrogens is 298 g/mol. The van der Waals surface area contributed by atoms with E-state index < -0.39 is 0 Å². The van der Waals surface area contributed by atoms with Crippen molar-refractivity contribution in [3.63, 3.8) is 0 Å². The van der Waals surface area contributed by atoms with Gasteiger partial charge in [-0.3, -0.25) is 4.79 Å². The molecular formula is C21H31NO2. The first-order valence-electron chi connectivity index (χ1n) is 9.70. The molecule has 24 heavy (non-hydrogen) atoms. The van der Waals surface area contributed by atoms with Gasteiger partial charge in [0.05, 0.1) is 7.11 Å². The summed E-state index contributed by atoms with van der Waals surface area (Å²) in [4.78, 5) is 12.7. The van der Waals surface area contributed by atoms with E-state index in [1.807, 2.05) is 18.2 Å². The van der Waals surface area contributed by atoms with Crippen LogP contribution in [0.5, 0.6) is 5.75 Å². The van der Waals surface area contributed by atoms with Crippen LogP contribution in [0.25, 0.3) is 0 Å². The van der Waals surface area contributed by atoms with Crippen molar-refractivity contribution < 1.29 is 9.53 Å². The van der Waals surface area contributed by atoms with Crippen LogP contribution < -0.4 is 10.1 Å². The molecule has 1 aromatic carbocycles. The molecule has 0 spiro atoms. The van der Waals surface area contributed by atoms with Gasteiger partial charge in [-0.25, -0.2) is 0 Å². The van der Waals surface area contributed by atoms with Crippen LogP contribution in [0.4, 0.5) is 0 Å². The molecule has 132 valence electrons. The standard InChI is InChI=1S/C21H31NO2/c1-24-19-9-10-20-18(15-19)8-7-17(21(20)23)12-14-22-13-11-16-5-3-2-4-6-16/h9-10,15-17,22H,2-8,11-14H2,1H3. The van der Waals surface area contributed by atoms with Crippen LogP contribution >= 0.6 is 0 Å². The monoisotopic (exact) mass is 329 g/mol. The maximum Gasteiger partial charge on any atom is 0.166 e. The molecule has 0 bridgehead atoms. The number of hydrogen-bond donors (Lipinski definition) is 1. The normalized spacial score (nSPS) is 21.5. The number of ether oxygens (including phenoxy) is 1. The number of methoxy groups -OCH3 is 1. The van der Waals surface area contributed by atoms with Crippen molar-refractivity contribution in [2.24, 2.45) is 11.8 Å². The van der Waals surface area contributed by atoms with E-state index in [4.69, 9.17) is 4.74 Å². The Balaban J connectivity index is 1.40. The van der Waals surface area contributed by atoms with Gasteiger partial charge in [0, 0.05) is 11.5 Å². The lowest BCUT2D eigenvalue weighted by Gasteiger charge is -2.24. The Hall–Kier alpha value is -1.35. The van der Waals surface area contributed by atoms with E-state index in [0.717, 1.165) is 55.1 Å². The molecule has 0 amide bonds. The molecule has 2 aliphatic rings. The van der Waals surface area contributed by atoms with Gasteiger partial charge in [-0.2, -0.15) is 0 Å². The summed E-state index contributed by atoms with van der Waals surface area (Å²) in [6.07, 6.45) is 11.4. The Kier molecular flexibility index (Phi) is 6.30. The molecule has 0 radical (unpaired) electrons. The minimum Gasteiger partial charge on any atom is -0.497 e. The maximum absolute atomic E-state index is 12.7. The van der Waals surface area contributed by atoms with Gasteiger partial charge < -0.3 is 10.1 Å². The maximum atomic E-state index is 12.7. The number of ketones is 1. The minimum atomic E-state index is 0.188. The van der Waals surface area contributed by atoms with Gasteiger partial charge in [0.2, 0.25) is 0 Å². The molecule has 0 heterocycles. The van der Waals surface area contributed by atoms with Crippen molar-refractivity contribution in [2.75, 3.05) is 20.2 Å². The number of carbonyl (C=O) groups is 1. The Morgan fingerprint density at radius 3 is 2.67 bits per heavy atom. The fraction of sp³-hybridized carbons (Fsp3) is 0.667. The van der Waals surface area contributed by atoms with Crippen molar-refractivity contribution in [1.29, 1.82) is 0 Å². The third kappa shape index (κ3) is 4.38. The molecule has 1 atom stereocenters. The first-order chi connectivity index (χ1) is 11.8. The summed E-state index contributed by atoms with van der Waals surface area (Å²) in [6, 6.07) is 5.87. The van der Waals surface area contributed by atoms with Crippen LogP contribution in [0.15, 0.2) is 18.2 Å². The number of fused-ring (bicyclic) bond motifs is 1. The van der Waals surface area contributed by atoms with Gasteiger partial charge in [-0.05, 0) is 68.5 Å². The highest BCUT2D eigenvalue weighted by Crippen LogP contribution is 2.30. The van der Waals surface area contributed by atoms with Gasteiger partial charge in [-0.15, -0.1) is 0 Å². The highest BCUT2D eigenvalue weighted by molar-refractivity contribution is 6.00. The fourth-order valence-corrected chi connectivity index (χ4v) is 4.28. The number of nitrogens with one attached hydrogen (secondary N) is 1. The lowest BCUT2D eigenvalue weighted by Crippen LogP contribution is -2.28. The summed E-state index contributed by atoms with van der Waals surface area (Å²) in [6.45, 7) is 2.08. The van der Waals surface area contributed by atoms with E-state index in [0.29, 0.717) is 5.78 Å². The average molecular weight is 329 g/mol. The lowest BCUT2D eigenvalue weighted by atomic mass is 9.81. The van der Waals surface area contributed by atoms with Crippen molar-refractivity contribution in [2.45, 2.75) is 57.8 Å². The summed E-state index contributed by atoms with van der Waals surface area (Å²) in [5.41, 5.74) is 2.06. The van der Waals surface area contributed by atoms with Crippen molar-refractivity contribution >= 4 is 5.78 Å². The summed E-state index contributed by atoms with van der Waals surface area (Å²) in [5, 5.41) is 3.57. The summed E-state index contributed by atoms with van der Waals surface area (Å²) < 4.78 is 5.26. The molecule has 1 N–H and O–H groups in total. The topological polar surface area (TPSA) is 38.3 Å². The van der Waals surface area contributed by atoms with E-state index >= 15 is 0 Å². The molecule has 0 aromatic heterocycles. The molecule has 2 aliphatic carbocycles. The number of rotatable bonds is 7. The second kappa shape index (κ2) is 8.66. The van der Waals surface area contributed by atoms with Crippen molar-refractivity contribution in [3.8, 4) is 5.75 Å². The van der Waals surface area contributed by atoms with Crippen molar-refractivity contribution in [1.82, 2.24) is 5.32 Å². The molecule has 0 saturated heterocycles. The van der Waals surface area contributed by atoms with E-state index in [1.165, 1.54) is 38.5 Å². The molecule has 1 fully saturated rings. The number of aryl methyl sites for hydroxylation is 1. The molecule has 1 unspecified atom stereocenters. The number of Topliss-reactive ketones (excluding diaryl/α,β-unsaturated/α-hetero) is 1. The molecule has 3 rings (SSSR count).